The van der Waals surface area contributed by atoms with Gasteiger partial charge in [-0.2, -0.15) is 0 Å². The summed E-state index contributed by atoms with van der Waals surface area (Å²) in [5, 5.41) is 8.15. The van der Waals surface area contributed by atoms with E-state index in [2.05, 4.69) is 20.9 Å². The van der Waals surface area contributed by atoms with Crippen molar-refractivity contribution in [3.8, 4) is 0 Å². The minimum absolute atomic E-state index is 0.0228. The Balaban J connectivity index is 1.66. The number of rotatable bonds is 8. The fourth-order valence-corrected chi connectivity index (χ4v) is 4.22. The first-order chi connectivity index (χ1) is 15.8. The van der Waals surface area contributed by atoms with Gasteiger partial charge in [-0.1, -0.05) is 26.0 Å². The van der Waals surface area contributed by atoms with E-state index in [0.717, 1.165) is 5.56 Å². The number of aromatic nitrogens is 1. The zero-order chi connectivity index (χ0) is 23.8. The summed E-state index contributed by atoms with van der Waals surface area (Å²) in [5.74, 6) is -0.0389. The highest BCUT2D eigenvalue weighted by atomic mass is 32.2. The predicted molar refractivity (Wildman–Crippen MR) is 126 cm³/mol. The van der Waals surface area contributed by atoms with Crippen LogP contribution in [-0.4, -0.2) is 31.9 Å². The molecule has 3 N–H and O–H groups in total. The van der Waals surface area contributed by atoms with Gasteiger partial charge in [-0.25, -0.2) is 13.2 Å². The first-order valence-corrected chi connectivity index (χ1v) is 11.9. The Labute approximate surface area is 193 Å². The molecule has 0 atom stereocenters. The number of sulfone groups is 1. The van der Waals surface area contributed by atoms with E-state index < -0.39 is 15.9 Å². The molecule has 0 radical (unpaired) electrons. The van der Waals surface area contributed by atoms with Gasteiger partial charge in [-0.15, -0.1) is 0 Å². The quantitative estimate of drug-likeness (QED) is 0.469. The van der Waals surface area contributed by atoms with Gasteiger partial charge in [0.2, 0.25) is 9.84 Å². The van der Waals surface area contributed by atoms with Crippen molar-refractivity contribution in [2.45, 2.75) is 30.2 Å². The molecule has 1 aromatic heterocycles. The minimum Gasteiger partial charge on any atom is -0.352 e. The molecule has 8 nitrogen and oxygen atoms in total. The van der Waals surface area contributed by atoms with Crippen LogP contribution < -0.4 is 16.0 Å². The number of nitrogens with one attached hydrogen (secondary N) is 3. The van der Waals surface area contributed by atoms with Gasteiger partial charge in [0, 0.05) is 36.7 Å². The molecular formula is C24H26N4O4S. The second kappa shape index (κ2) is 10.7. The van der Waals surface area contributed by atoms with Crippen LogP contribution >= 0.6 is 0 Å². The van der Waals surface area contributed by atoms with E-state index >= 15 is 0 Å². The van der Waals surface area contributed by atoms with Crippen molar-refractivity contribution in [1.82, 2.24) is 15.6 Å². The Kier molecular flexibility index (Phi) is 7.78. The maximum absolute atomic E-state index is 13.0. The molecular weight excluding hydrogens is 440 g/mol. The first kappa shape index (κ1) is 23.9. The Morgan fingerprint density at radius 2 is 1.70 bits per heavy atom. The zero-order valence-corrected chi connectivity index (χ0v) is 19.2. The summed E-state index contributed by atoms with van der Waals surface area (Å²) in [4.78, 5) is 28.5. The summed E-state index contributed by atoms with van der Waals surface area (Å²) in [6.07, 6.45) is 3.31. The van der Waals surface area contributed by atoms with E-state index in [1.165, 1.54) is 36.4 Å². The molecule has 0 aliphatic rings. The number of anilines is 1. The highest BCUT2D eigenvalue weighted by Gasteiger charge is 2.19. The van der Waals surface area contributed by atoms with Crippen molar-refractivity contribution in [2.24, 2.45) is 5.92 Å². The van der Waals surface area contributed by atoms with Crippen LogP contribution in [0.3, 0.4) is 0 Å². The molecule has 0 aliphatic carbocycles. The van der Waals surface area contributed by atoms with E-state index in [9.17, 15) is 18.0 Å². The Bertz CT molecular complexity index is 1210. The average Bonchev–Trinajstić information content (AvgIpc) is 2.82. The fraction of sp³-hybridized carbons (Fsp3) is 0.208. The molecule has 0 unspecified atom stereocenters. The normalized spacial score (nSPS) is 11.1. The fourth-order valence-electron chi connectivity index (χ4n) is 2.92. The number of nitrogens with zero attached hydrogens (tertiary/aromatic N) is 1. The molecule has 1 heterocycles. The molecule has 172 valence electrons. The second-order valence-electron chi connectivity index (χ2n) is 7.83. The maximum atomic E-state index is 13.0. The molecule has 3 rings (SSSR count). The van der Waals surface area contributed by atoms with Crippen molar-refractivity contribution >= 4 is 27.5 Å². The van der Waals surface area contributed by atoms with Crippen LogP contribution in [-0.2, 0) is 16.4 Å². The van der Waals surface area contributed by atoms with Crippen LogP contribution in [0.2, 0.25) is 0 Å². The van der Waals surface area contributed by atoms with Crippen molar-refractivity contribution in [2.75, 3.05) is 11.9 Å². The largest absolute Gasteiger partial charge is 0.352 e. The topological polar surface area (TPSA) is 117 Å². The molecule has 9 heteroatoms. The van der Waals surface area contributed by atoms with Crippen LogP contribution in [0.25, 0.3) is 0 Å². The number of benzene rings is 2. The van der Waals surface area contributed by atoms with E-state index in [1.54, 1.807) is 30.6 Å². The van der Waals surface area contributed by atoms with Crippen molar-refractivity contribution in [3.63, 3.8) is 0 Å². The second-order valence-corrected chi connectivity index (χ2v) is 9.78. The van der Waals surface area contributed by atoms with E-state index in [0.29, 0.717) is 18.8 Å². The number of hydrogen-bond donors (Lipinski definition) is 3. The Morgan fingerprint density at radius 3 is 2.36 bits per heavy atom. The standard InChI is InChI=1S/C24H26N4O4S/c1-17(2)14-26-23(29)19-6-3-7-22(13-19)33(31,32)21-10-8-20(9-11-21)28-24(30)27-16-18-5-4-12-25-15-18/h3-13,15,17H,14,16H2,1-2H3,(H,26,29)(H2,27,28,30). The summed E-state index contributed by atoms with van der Waals surface area (Å²) in [5.41, 5.74) is 1.58. The molecule has 0 aliphatic heterocycles. The summed E-state index contributed by atoms with van der Waals surface area (Å²) in [6.45, 7) is 4.77. The Morgan fingerprint density at radius 1 is 0.939 bits per heavy atom. The summed E-state index contributed by atoms with van der Waals surface area (Å²) >= 11 is 0. The highest BCUT2D eigenvalue weighted by molar-refractivity contribution is 7.91. The van der Waals surface area contributed by atoms with Crippen LogP contribution in [0.5, 0.6) is 0 Å². The lowest BCUT2D eigenvalue weighted by Crippen LogP contribution is -2.28. The van der Waals surface area contributed by atoms with Gasteiger partial charge in [0.1, 0.15) is 0 Å². The highest BCUT2D eigenvalue weighted by Crippen LogP contribution is 2.23. The summed E-state index contributed by atoms with van der Waals surface area (Å²) in [7, 11) is -3.83. The van der Waals surface area contributed by atoms with Crippen LogP contribution in [0.4, 0.5) is 10.5 Å². The maximum Gasteiger partial charge on any atom is 0.319 e. The third kappa shape index (κ3) is 6.63. The molecule has 0 fully saturated rings. The van der Waals surface area contributed by atoms with E-state index in [-0.39, 0.29) is 27.2 Å². The van der Waals surface area contributed by atoms with Gasteiger partial charge in [-0.05, 0) is 60.0 Å². The van der Waals surface area contributed by atoms with Crippen LogP contribution in [0, 0.1) is 5.92 Å². The number of hydrogen-bond acceptors (Lipinski definition) is 5. The van der Waals surface area contributed by atoms with Crippen molar-refractivity contribution in [1.29, 1.82) is 0 Å². The molecule has 3 amide bonds. The van der Waals surface area contributed by atoms with Crippen molar-refractivity contribution in [3.05, 3.63) is 84.2 Å². The summed E-state index contributed by atoms with van der Waals surface area (Å²) < 4.78 is 26.1. The number of amides is 3. The lowest BCUT2D eigenvalue weighted by molar-refractivity contribution is 0.0948. The molecule has 0 bridgehead atoms. The van der Waals surface area contributed by atoms with Gasteiger partial charge in [0.25, 0.3) is 5.91 Å². The molecule has 2 aromatic carbocycles. The molecule has 3 aromatic rings. The number of carbonyl (C=O) groups is 2. The predicted octanol–water partition coefficient (Wildman–Crippen LogP) is 3.62. The zero-order valence-electron chi connectivity index (χ0n) is 18.4. The average molecular weight is 467 g/mol. The van der Waals surface area contributed by atoms with Gasteiger partial charge in [0.15, 0.2) is 0 Å². The lowest BCUT2D eigenvalue weighted by Gasteiger charge is -2.10. The van der Waals surface area contributed by atoms with Gasteiger partial charge >= 0.3 is 6.03 Å². The van der Waals surface area contributed by atoms with Gasteiger partial charge in [0.05, 0.1) is 9.79 Å². The minimum atomic E-state index is -3.83. The molecule has 0 saturated carbocycles. The Hall–Kier alpha value is -3.72. The van der Waals surface area contributed by atoms with Crippen LogP contribution in [0.15, 0.2) is 82.8 Å². The molecule has 0 spiro atoms. The number of carbonyl (C=O) groups excluding carboxylic acids is 2. The van der Waals surface area contributed by atoms with Gasteiger partial charge < -0.3 is 16.0 Å². The van der Waals surface area contributed by atoms with E-state index in [1.807, 2.05) is 19.9 Å². The molecule has 33 heavy (non-hydrogen) atoms. The lowest BCUT2D eigenvalue weighted by atomic mass is 10.2. The third-order valence-electron chi connectivity index (χ3n) is 4.68. The third-order valence-corrected chi connectivity index (χ3v) is 6.44. The van der Waals surface area contributed by atoms with Crippen LogP contribution in [0.1, 0.15) is 29.8 Å². The first-order valence-electron chi connectivity index (χ1n) is 10.4. The monoisotopic (exact) mass is 466 g/mol. The SMILES string of the molecule is CC(C)CNC(=O)c1cccc(S(=O)(=O)c2ccc(NC(=O)NCc3cccnc3)cc2)c1. The number of urea groups is 1. The van der Waals surface area contributed by atoms with Gasteiger partial charge in [-0.3, -0.25) is 9.78 Å². The summed E-state index contributed by atoms with van der Waals surface area (Å²) in [6, 6.07) is 15.0. The smallest absolute Gasteiger partial charge is 0.319 e. The van der Waals surface area contributed by atoms with Crippen molar-refractivity contribution < 1.29 is 18.0 Å². The van der Waals surface area contributed by atoms with E-state index in [4.69, 9.17) is 0 Å². The number of pyridine rings is 1. The molecule has 0 saturated heterocycles.